The molecule has 1 atom stereocenters. The Morgan fingerprint density at radius 2 is 1.63 bits per heavy atom. The molecule has 0 aliphatic heterocycles. The van der Waals surface area contributed by atoms with Crippen LogP contribution in [-0.4, -0.2) is 11.8 Å². The molecular weight excluding hydrogens is 336 g/mol. The molecule has 0 aromatic heterocycles. The van der Waals surface area contributed by atoms with Gasteiger partial charge >= 0.3 is 0 Å². The first-order valence-electron chi connectivity index (χ1n) is 9.78. The van der Waals surface area contributed by atoms with E-state index in [-0.39, 0.29) is 23.8 Å². The Labute approximate surface area is 161 Å². The summed E-state index contributed by atoms with van der Waals surface area (Å²) < 4.78 is 0. The van der Waals surface area contributed by atoms with Gasteiger partial charge in [0.25, 0.3) is 0 Å². The number of carbonyl (C=O) groups excluding carboxylic acids is 2. The quantitative estimate of drug-likeness (QED) is 0.743. The van der Waals surface area contributed by atoms with E-state index in [1.165, 1.54) is 5.56 Å². The van der Waals surface area contributed by atoms with Crippen LogP contribution < -0.4 is 10.6 Å². The molecule has 1 unspecified atom stereocenters. The third kappa shape index (κ3) is 4.76. The van der Waals surface area contributed by atoms with Gasteiger partial charge in [-0.05, 0) is 36.0 Å². The molecule has 2 aromatic carbocycles. The van der Waals surface area contributed by atoms with Crippen LogP contribution in [0.25, 0.3) is 0 Å². The van der Waals surface area contributed by atoms with Gasteiger partial charge < -0.3 is 10.6 Å². The Morgan fingerprint density at radius 1 is 1.00 bits per heavy atom. The molecule has 0 heterocycles. The van der Waals surface area contributed by atoms with E-state index in [9.17, 15) is 9.59 Å². The number of nitrogens with one attached hydrogen (secondary N) is 2. The molecule has 0 saturated heterocycles. The molecule has 3 rings (SSSR count). The third-order valence-corrected chi connectivity index (χ3v) is 5.04. The van der Waals surface area contributed by atoms with Gasteiger partial charge in [-0.3, -0.25) is 9.59 Å². The van der Waals surface area contributed by atoms with Gasteiger partial charge in [-0.25, -0.2) is 0 Å². The average molecular weight is 364 g/mol. The largest absolute Gasteiger partial charge is 0.345 e. The highest BCUT2D eigenvalue weighted by Crippen LogP contribution is 2.33. The van der Waals surface area contributed by atoms with Crippen LogP contribution in [0, 0.1) is 5.92 Å². The summed E-state index contributed by atoms with van der Waals surface area (Å²) in [6.07, 6.45) is 2.33. The van der Waals surface area contributed by atoms with Gasteiger partial charge in [0, 0.05) is 23.6 Å². The second-order valence-corrected chi connectivity index (χ2v) is 7.53. The molecule has 1 aliphatic carbocycles. The maximum absolute atomic E-state index is 12.5. The molecule has 2 N–H and O–H groups in total. The fourth-order valence-electron chi connectivity index (χ4n) is 3.12. The molecule has 27 heavy (non-hydrogen) atoms. The van der Waals surface area contributed by atoms with Crippen LogP contribution in [0.1, 0.15) is 68.7 Å². The zero-order chi connectivity index (χ0) is 19.4. The number of hydrogen-bond donors (Lipinski definition) is 2. The molecule has 0 radical (unpaired) electrons. The topological polar surface area (TPSA) is 58.2 Å². The minimum Gasteiger partial charge on any atom is -0.345 e. The highest BCUT2D eigenvalue weighted by molar-refractivity contribution is 5.91. The molecule has 4 heteroatoms. The van der Waals surface area contributed by atoms with Gasteiger partial charge in [-0.2, -0.15) is 0 Å². The Hall–Kier alpha value is -2.62. The van der Waals surface area contributed by atoms with E-state index >= 15 is 0 Å². The molecule has 1 aliphatic rings. The summed E-state index contributed by atoms with van der Waals surface area (Å²) >= 11 is 0. The Morgan fingerprint density at radius 3 is 2.22 bits per heavy atom. The standard InChI is InChI=1S/C23H28N2O2/c1-4-21(26)24-20-8-6-5-7-19(20)22(25-23(27)18-13-14-18)17-11-9-16(10-12-17)15(2)3/h5-12,15,18,22H,4,13-14H2,1-3H3,(H,24,26)(H,25,27). The van der Waals surface area contributed by atoms with Crippen LogP contribution in [-0.2, 0) is 9.59 Å². The van der Waals surface area contributed by atoms with Crippen molar-refractivity contribution in [1.82, 2.24) is 5.32 Å². The first-order valence-corrected chi connectivity index (χ1v) is 9.78. The molecule has 0 bridgehead atoms. The molecular formula is C23H28N2O2. The van der Waals surface area contributed by atoms with E-state index < -0.39 is 0 Å². The van der Waals surface area contributed by atoms with Gasteiger partial charge in [0.2, 0.25) is 11.8 Å². The lowest BCUT2D eigenvalue weighted by Gasteiger charge is -2.23. The van der Waals surface area contributed by atoms with E-state index in [1.807, 2.05) is 31.2 Å². The molecule has 2 aromatic rings. The van der Waals surface area contributed by atoms with Crippen LogP contribution >= 0.6 is 0 Å². The lowest BCUT2D eigenvalue weighted by molar-refractivity contribution is -0.122. The summed E-state index contributed by atoms with van der Waals surface area (Å²) in [7, 11) is 0. The zero-order valence-electron chi connectivity index (χ0n) is 16.3. The van der Waals surface area contributed by atoms with Crippen molar-refractivity contribution >= 4 is 17.5 Å². The minimum absolute atomic E-state index is 0.0372. The molecule has 1 fully saturated rings. The molecule has 142 valence electrons. The van der Waals surface area contributed by atoms with Crippen molar-refractivity contribution in [2.75, 3.05) is 5.32 Å². The summed E-state index contributed by atoms with van der Waals surface area (Å²) in [6.45, 7) is 6.16. The lowest BCUT2D eigenvalue weighted by Crippen LogP contribution is -2.31. The maximum atomic E-state index is 12.5. The zero-order valence-corrected chi connectivity index (χ0v) is 16.3. The van der Waals surface area contributed by atoms with Crippen molar-refractivity contribution < 1.29 is 9.59 Å². The monoisotopic (exact) mass is 364 g/mol. The number of carbonyl (C=O) groups is 2. The van der Waals surface area contributed by atoms with Crippen molar-refractivity contribution in [3.05, 3.63) is 65.2 Å². The third-order valence-electron chi connectivity index (χ3n) is 5.04. The number of amides is 2. The van der Waals surface area contributed by atoms with Crippen molar-refractivity contribution in [2.45, 2.75) is 52.0 Å². The van der Waals surface area contributed by atoms with Gasteiger partial charge in [-0.15, -0.1) is 0 Å². The van der Waals surface area contributed by atoms with Gasteiger partial charge in [0.1, 0.15) is 0 Å². The van der Waals surface area contributed by atoms with E-state index in [2.05, 4.69) is 48.7 Å². The summed E-state index contributed by atoms with van der Waals surface area (Å²) in [5.74, 6) is 0.629. The number of para-hydroxylation sites is 1. The van der Waals surface area contributed by atoms with Crippen LogP contribution in [0.3, 0.4) is 0 Å². The number of hydrogen-bond acceptors (Lipinski definition) is 2. The van der Waals surface area contributed by atoms with Crippen molar-refractivity contribution in [3.8, 4) is 0 Å². The van der Waals surface area contributed by atoms with E-state index in [0.29, 0.717) is 12.3 Å². The van der Waals surface area contributed by atoms with Gasteiger partial charge in [-0.1, -0.05) is 63.2 Å². The van der Waals surface area contributed by atoms with Crippen molar-refractivity contribution in [2.24, 2.45) is 5.92 Å². The fraction of sp³-hybridized carbons (Fsp3) is 0.391. The van der Waals surface area contributed by atoms with Crippen molar-refractivity contribution in [1.29, 1.82) is 0 Å². The highest BCUT2D eigenvalue weighted by Gasteiger charge is 2.32. The Kier molecular flexibility index (Phi) is 5.94. The van der Waals surface area contributed by atoms with E-state index in [4.69, 9.17) is 0 Å². The normalized spacial score (nSPS) is 14.7. The highest BCUT2D eigenvalue weighted by atomic mass is 16.2. The lowest BCUT2D eigenvalue weighted by atomic mass is 9.94. The second-order valence-electron chi connectivity index (χ2n) is 7.53. The molecule has 4 nitrogen and oxygen atoms in total. The second kappa shape index (κ2) is 8.38. The molecule has 1 saturated carbocycles. The van der Waals surface area contributed by atoms with Crippen LogP contribution in [0.4, 0.5) is 5.69 Å². The summed E-state index contributed by atoms with van der Waals surface area (Å²) in [6, 6.07) is 15.8. The Bertz CT molecular complexity index is 807. The minimum atomic E-state index is -0.285. The molecule has 2 amide bonds. The molecule has 0 spiro atoms. The van der Waals surface area contributed by atoms with E-state index in [0.717, 1.165) is 29.7 Å². The number of rotatable bonds is 7. The predicted octanol–water partition coefficient (Wildman–Crippen LogP) is 4.77. The SMILES string of the molecule is CCC(=O)Nc1ccccc1C(NC(=O)C1CC1)c1ccc(C(C)C)cc1. The predicted molar refractivity (Wildman–Crippen MR) is 109 cm³/mol. The van der Waals surface area contributed by atoms with Crippen LogP contribution in [0.15, 0.2) is 48.5 Å². The smallest absolute Gasteiger partial charge is 0.224 e. The first kappa shape index (κ1) is 19.2. The number of anilines is 1. The summed E-state index contributed by atoms with van der Waals surface area (Å²) in [4.78, 5) is 24.5. The number of benzene rings is 2. The fourth-order valence-corrected chi connectivity index (χ4v) is 3.12. The van der Waals surface area contributed by atoms with Crippen LogP contribution in [0.2, 0.25) is 0 Å². The maximum Gasteiger partial charge on any atom is 0.224 e. The van der Waals surface area contributed by atoms with Crippen LogP contribution in [0.5, 0.6) is 0 Å². The first-order chi connectivity index (χ1) is 13.0. The summed E-state index contributed by atoms with van der Waals surface area (Å²) in [5, 5.41) is 6.17. The Balaban J connectivity index is 1.97. The van der Waals surface area contributed by atoms with Crippen molar-refractivity contribution in [3.63, 3.8) is 0 Å². The van der Waals surface area contributed by atoms with E-state index in [1.54, 1.807) is 0 Å². The van der Waals surface area contributed by atoms with Gasteiger partial charge in [0.05, 0.1) is 6.04 Å². The average Bonchev–Trinajstić information content (AvgIpc) is 3.52. The van der Waals surface area contributed by atoms with Gasteiger partial charge in [0.15, 0.2) is 0 Å². The summed E-state index contributed by atoms with van der Waals surface area (Å²) in [5.41, 5.74) is 3.94.